The molecule has 0 radical (unpaired) electrons. The maximum Gasteiger partial charge on any atom is 0.418 e. The molecule has 4 N–H and O–H groups in total. The van der Waals surface area contributed by atoms with Gasteiger partial charge in [0.2, 0.25) is 11.8 Å². The van der Waals surface area contributed by atoms with Crippen molar-refractivity contribution in [2.75, 3.05) is 6.54 Å². The molecule has 26 heavy (non-hydrogen) atoms. The maximum absolute atomic E-state index is 12.4. The van der Waals surface area contributed by atoms with Gasteiger partial charge in [-0.1, -0.05) is 0 Å². The van der Waals surface area contributed by atoms with Crippen LogP contribution >= 0.6 is 0 Å². The number of carbonyl (C=O) groups is 1. The molecular formula is C13H20N6O6S. The van der Waals surface area contributed by atoms with Crippen molar-refractivity contribution in [2.24, 2.45) is 5.73 Å². The molecular weight excluding hydrogens is 368 g/mol. The Labute approximate surface area is 149 Å². The fourth-order valence-electron chi connectivity index (χ4n) is 3.62. The molecule has 2 amide bonds. The van der Waals surface area contributed by atoms with Crippen molar-refractivity contribution in [3.63, 3.8) is 0 Å². The third-order valence-corrected chi connectivity index (χ3v) is 5.33. The summed E-state index contributed by atoms with van der Waals surface area (Å²) in [7, 11) is -4.76. The van der Waals surface area contributed by atoms with E-state index in [2.05, 4.69) is 19.8 Å². The summed E-state index contributed by atoms with van der Waals surface area (Å²) in [5.74, 6) is 0.716. The molecule has 4 rings (SSSR count). The highest BCUT2D eigenvalue weighted by molar-refractivity contribution is 7.80. The van der Waals surface area contributed by atoms with Gasteiger partial charge in [0, 0.05) is 18.6 Å². The number of urea groups is 1. The van der Waals surface area contributed by atoms with Crippen molar-refractivity contribution >= 4 is 16.4 Å². The maximum atomic E-state index is 12.4. The molecule has 1 aliphatic carbocycles. The monoisotopic (exact) mass is 388 g/mol. The lowest BCUT2D eigenvalue weighted by Crippen LogP contribution is -2.48. The van der Waals surface area contributed by atoms with Gasteiger partial charge in [0.05, 0.1) is 12.6 Å². The van der Waals surface area contributed by atoms with Crippen LogP contribution in [0.3, 0.4) is 0 Å². The average Bonchev–Trinajstić information content (AvgIpc) is 3.10. The summed E-state index contributed by atoms with van der Waals surface area (Å²) in [6.45, 7) is 0.681. The fourth-order valence-corrected chi connectivity index (χ4v) is 4.01. The number of hydroxylamine groups is 2. The van der Waals surface area contributed by atoms with Crippen LogP contribution in [-0.2, 0) is 21.2 Å². The van der Waals surface area contributed by atoms with Crippen LogP contribution in [0.5, 0.6) is 0 Å². The van der Waals surface area contributed by atoms with Crippen LogP contribution in [0.15, 0.2) is 4.42 Å². The Balaban J connectivity index is 1.40. The smallest absolute Gasteiger partial charge is 0.418 e. The first-order valence-electron chi connectivity index (χ1n) is 8.38. The molecule has 2 saturated heterocycles. The third kappa shape index (κ3) is 3.40. The Kier molecular flexibility index (Phi) is 4.35. The highest BCUT2D eigenvalue weighted by Gasteiger charge is 2.49. The number of nitrogens with two attached hydrogens (primary N) is 1. The Morgan fingerprint density at radius 2 is 2.12 bits per heavy atom. The SMILES string of the molecule is NC1CC(NCc2nnc(C3CCC4CN3C(=O)N4OS(=O)(=O)O)o2)C1. The predicted octanol–water partition coefficient (Wildman–Crippen LogP) is -0.676. The van der Waals surface area contributed by atoms with Crippen molar-refractivity contribution in [2.45, 2.75) is 56.4 Å². The van der Waals surface area contributed by atoms with E-state index < -0.39 is 28.5 Å². The second-order valence-electron chi connectivity index (χ2n) is 6.85. The summed E-state index contributed by atoms with van der Waals surface area (Å²) in [5.41, 5.74) is 5.74. The van der Waals surface area contributed by atoms with Crippen LogP contribution in [0, 0.1) is 0 Å². The second-order valence-corrected chi connectivity index (χ2v) is 7.86. The van der Waals surface area contributed by atoms with Crippen molar-refractivity contribution in [1.29, 1.82) is 0 Å². The minimum absolute atomic E-state index is 0.245. The van der Waals surface area contributed by atoms with Crippen LogP contribution in [0.2, 0.25) is 0 Å². The molecule has 3 heterocycles. The Bertz CT molecular complexity index is 793. The number of piperidine rings is 1. The minimum Gasteiger partial charge on any atom is -0.422 e. The van der Waals surface area contributed by atoms with Gasteiger partial charge in [0.1, 0.15) is 6.04 Å². The van der Waals surface area contributed by atoms with Gasteiger partial charge in [-0.05, 0) is 25.7 Å². The van der Waals surface area contributed by atoms with Gasteiger partial charge in [-0.2, -0.15) is 13.5 Å². The van der Waals surface area contributed by atoms with Gasteiger partial charge in [-0.15, -0.1) is 14.5 Å². The lowest BCUT2D eigenvalue weighted by molar-refractivity contribution is -0.0317. The molecule has 0 spiro atoms. The number of fused-ring (bicyclic) bond motifs is 2. The highest BCUT2D eigenvalue weighted by Crippen LogP contribution is 2.38. The average molecular weight is 388 g/mol. The summed E-state index contributed by atoms with van der Waals surface area (Å²) in [6.07, 6.45) is 2.83. The van der Waals surface area contributed by atoms with Gasteiger partial charge >= 0.3 is 16.4 Å². The topological polar surface area (TPSA) is 164 Å². The lowest BCUT2D eigenvalue weighted by atomic mass is 9.88. The van der Waals surface area contributed by atoms with E-state index in [-0.39, 0.29) is 12.6 Å². The van der Waals surface area contributed by atoms with E-state index in [1.165, 1.54) is 4.90 Å². The number of carbonyl (C=O) groups excluding carboxylic acids is 1. The van der Waals surface area contributed by atoms with E-state index in [0.29, 0.717) is 42.3 Å². The van der Waals surface area contributed by atoms with Gasteiger partial charge < -0.3 is 20.4 Å². The highest BCUT2D eigenvalue weighted by atomic mass is 32.3. The molecule has 2 aliphatic heterocycles. The van der Waals surface area contributed by atoms with E-state index in [1.54, 1.807) is 0 Å². The van der Waals surface area contributed by atoms with Crippen molar-refractivity contribution in [3.05, 3.63) is 11.8 Å². The number of aromatic nitrogens is 2. The molecule has 3 fully saturated rings. The fraction of sp³-hybridized carbons (Fsp3) is 0.769. The number of hydrogen-bond acceptors (Lipinski definition) is 9. The number of nitrogens with one attached hydrogen (secondary N) is 1. The van der Waals surface area contributed by atoms with Crippen LogP contribution in [0.1, 0.15) is 43.5 Å². The van der Waals surface area contributed by atoms with Gasteiger partial charge in [0.15, 0.2) is 0 Å². The van der Waals surface area contributed by atoms with Crippen molar-refractivity contribution in [3.8, 4) is 0 Å². The van der Waals surface area contributed by atoms with Crippen LogP contribution in [0.25, 0.3) is 0 Å². The molecule has 12 nitrogen and oxygen atoms in total. The first kappa shape index (κ1) is 17.6. The van der Waals surface area contributed by atoms with Gasteiger partial charge in [-0.25, -0.2) is 4.79 Å². The van der Waals surface area contributed by atoms with Crippen LogP contribution in [0.4, 0.5) is 4.79 Å². The zero-order chi connectivity index (χ0) is 18.5. The van der Waals surface area contributed by atoms with Crippen LogP contribution < -0.4 is 11.1 Å². The zero-order valence-corrected chi connectivity index (χ0v) is 14.6. The summed E-state index contributed by atoms with van der Waals surface area (Å²) >= 11 is 0. The van der Waals surface area contributed by atoms with Gasteiger partial charge in [0.25, 0.3) is 0 Å². The first-order chi connectivity index (χ1) is 12.3. The molecule has 2 bridgehead atoms. The van der Waals surface area contributed by atoms with E-state index in [4.69, 9.17) is 14.7 Å². The summed E-state index contributed by atoms with van der Waals surface area (Å²) < 4.78 is 40.7. The molecule has 1 aromatic rings. The minimum atomic E-state index is -4.76. The van der Waals surface area contributed by atoms with E-state index in [1.807, 2.05) is 0 Å². The van der Waals surface area contributed by atoms with E-state index >= 15 is 0 Å². The second kappa shape index (κ2) is 6.42. The molecule has 1 saturated carbocycles. The van der Waals surface area contributed by atoms with E-state index in [0.717, 1.165) is 12.8 Å². The molecule has 2 atom stereocenters. The number of nitrogens with zero attached hydrogens (tertiary/aromatic N) is 4. The quantitative estimate of drug-likeness (QED) is 0.532. The summed E-state index contributed by atoms with van der Waals surface area (Å²) in [4.78, 5) is 13.8. The Morgan fingerprint density at radius 1 is 1.35 bits per heavy atom. The number of hydrogen-bond donors (Lipinski definition) is 3. The zero-order valence-electron chi connectivity index (χ0n) is 13.8. The standard InChI is InChI=1S/C13H20N6O6S/c14-7-3-8(4-7)15-5-11-16-17-12(24-11)10-2-1-9-6-18(10)13(20)19(9)25-26(21,22)23/h7-10,15H,1-6,14H2,(H,21,22,23). The van der Waals surface area contributed by atoms with E-state index in [9.17, 15) is 13.2 Å². The Morgan fingerprint density at radius 3 is 2.81 bits per heavy atom. The van der Waals surface area contributed by atoms with Crippen molar-refractivity contribution < 1.29 is 26.5 Å². The summed E-state index contributed by atoms with van der Waals surface area (Å²) in [6, 6.07) is -0.965. The molecule has 3 aliphatic rings. The third-order valence-electron chi connectivity index (χ3n) is 4.98. The largest absolute Gasteiger partial charge is 0.422 e. The number of rotatable bonds is 6. The normalized spacial score (nSPS) is 31.4. The Hall–Kier alpha value is -1.80. The molecule has 144 valence electrons. The predicted molar refractivity (Wildman–Crippen MR) is 84.5 cm³/mol. The number of amides is 2. The molecule has 0 aromatic carbocycles. The van der Waals surface area contributed by atoms with Crippen molar-refractivity contribution in [1.82, 2.24) is 25.5 Å². The van der Waals surface area contributed by atoms with Gasteiger partial charge in [-0.3, -0.25) is 4.55 Å². The molecule has 1 aromatic heterocycles. The first-order valence-corrected chi connectivity index (χ1v) is 9.75. The molecule has 13 heteroatoms. The molecule has 2 unspecified atom stereocenters. The van der Waals surface area contributed by atoms with Crippen LogP contribution in [-0.4, -0.2) is 63.8 Å². The summed E-state index contributed by atoms with van der Waals surface area (Å²) in [5, 5.41) is 12.0. The lowest BCUT2D eigenvalue weighted by Gasteiger charge is -2.32.